The Morgan fingerprint density at radius 2 is 2.00 bits per heavy atom. The van der Waals surface area contributed by atoms with E-state index in [0.29, 0.717) is 5.92 Å². The van der Waals surface area contributed by atoms with Crippen LogP contribution in [0, 0.1) is 11.7 Å². The van der Waals surface area contributed by atoms with Gasteiger partial charge in [-0.05, 0) is 60.6 Å². The van der Waals surface area contributed by atoms with Crippen molar-refractivity contribution >= 4 is 17.3 Å². The molecule has 1 N–H and O–H groups in total. The van der Waals surface area contributed by atoms with Crippen LogP contribution in [0.2, 0.25) is 0 Å². The lowest BCUT2D eigenvalue weighted by Gasteiger charge is -2.30. The van der Waals surface area contributed by atoms with Crippen molar-refractivity contribution in [2.45, 2.75) is 25.9 Å². The molecule has 2 atom stereocenters. The molecule has 1 saturated heterocycles. The van der Waals surface area contributed by atoms with Crippen LogP contribution in [0.1, 0.15) is 37.3 Å². The third-order valence-corrected chi connectivity index (χ3v) is 5.28. The summed E-state index contributed by atoms with van der Waals surface area (Å²) in [6.45, 7) is 5.19. The van der Waals surface area contributed by atoms with E-state index in [0.717, 1.165) is 28.7 Å². The molecule has 3 aromatic rings. The lowest BCUT2D eigenvalue weighted by molar-refractivity contribution is 0.280. The zero-order valence-corrected chi connectivity index (χ0v) is 16.7. The fraction of sp³-hybridized carbons (Fsp3) is 0.273. The molecule has 1 aliphatic rings. The molecule has 2 aromatic heterocycles. The summed E-state index contributed by atoms with van der Waals surface area (Å²) in [6, 6.07) is 16.5. The summed E-state index contributed by atoms with van der Waals surface area (Å²) in [4.78, 5) is 6.79. The molecule has 0 spiro atoms. The Kier molecular flexibility index (Phi) is 5.13. The number of nitrogens with one attached hydrogen (secondary N) is 1. The smallest absolute Gasteiger partial charge is 0.170 e. The predicted octanol–water partition coefficient (Wildman–Crippen LogP) is 4.64. The largest absolute Gasteiger partial charge is 0.352 e. The van der Waals surface area contributed by atoms with Gasteiger partial charge in [-0.2, -0.15) is 0 Å². The summed E-state index contributed by atoms with van der Waals surface area (Å²) >= 11 is 5.69. The summed E-state index contributed by atoms with van der Waals surface area (Å²) in [5.41, 5.74) is 2.78. The number of thiocarbonyl (C=S) groups is 1. The van der Waals surface area contributed by atoms with E-state index in [1.165, 1.54) is 6.07 Å². The van der Waals surface area contributed by atoms with Crippen LogP contribution in [0.25, 0.3) is 5.69 Å². The van der Waals surface area contributed by atoms with Gasteiger partial charge in [0.25, 0.3) is 0 Å². The normalized spacial score (nSPS) is 19.3. The fourth-order valence-electron chi connectivity index (χ4n) is 3.81. The van der Waals surface area contributed by atoms with Gasteiger partial charge in [-0.15, -0.1) is 0 Å². The van der Waals surface area contributed by atoms with E-state index in [4.69, 9.17) is 12.2 Å². The van der Waals surface area contributed by atoms with E-state index < -0.39 is 0 Å². The second-order valence-corrected chi connectivity index (χ2v) is 7.84. The molecule has 3 heterocycles. The first-order valence-corrected chi connectivity index (χ1v) is 9.86. The molecule has 0 unspecified atom stereocenters. The van der Waals surface area contributed by atoms with Crippen molar-refractivity contribution < 1.29 is 4.39 Å². The van der Waals surface area contributed by atoms with Crippen LogP contribution >= 0.6 is 12.2 Å². The number of aromatic nitrogens is 2. The lowest BCUT2D eigenvalue weighted by atomic mass is 10.0. The maximum atomic E-state index is 13.9. The summed E-state index contributed by atoms with van der Waals surface area (Å²) in [5, 5.41) is 4.18. The molecule has 144 valence electrons. The number of rotatable bonds is 5. The van der Waals surface area contributed by atoms with Gasteiger partial charge >= 0.3 is 0 Å². The summed E-state index contributed by atoms with van der Waals surface area (Å²) < 4.78 is 15.9. The van der Waals surface area contributed by atoms with Crippen LogP contribution in [0.5, 0.6) is 0 Å². The van der Waals surface area contributed by atoms with Gasteiger partial charge in [-0.25, -0.2) is 4.39 Å². The molecule has 1 aromatic carbocycles. The summed E-state index contributed by atoms with van der Waals surface area (Å²) in [7, 11) is 0. The van der Waals surface area contributed by atoms with Crippen molar-refractivity contribution in [3.05, 3.63) is 84.2 Å². The molecule has 4 rings (SSSR count). The van der Waals surface area contributed by atoms with Crippen LogP contribution in [0.3, 0.4) is 0 Å². The van der Waals surface area contributed by atoms with E-state index in [2.05, 4.69) is 35.1 Å². The fourth-order valence-corrected chi connectivity index (χ4v) is 4.13. The molecule has 6 heteroatoms. The molecule has 0 aliphatic carbocycles. The molecule has 4 nitrogen and oxygen atoms in total. The van der Waals surface area contributed by atoms with E-state index in [1.807, 2.05) is 41.1 Å². The molecule has 0 amide bonds. The zero-order valence-electron chi connectivity index (χ0n) is 15.9. The molecule has 1 fully saturated rings. The number of hydrogen-bond donors (Lipinski definition) is 1. The molecule has 0 bridgehead atoms. The van der Waals surface area contributed by atoms with Crippen molar-refractivity contribution in [2.24, 2.45) is 5.92 Å². The van der Waals surface area contributed by atoms with Gasteiger partial charge < -0.3 is 14.8 Å². The highest BCUT2D eigenvalue weighted by molar-refractivity contribution is 7.80. The van der Waals surface area contributed by atoms with E-state index in [-0.39, 0.29) is 17.9 Å². The van der Waals surface area contributed by atoms with Gasteiger partial charge in [0.1, 0.15) is 5.82 Å². The molecule has 1 aliphatic heterocycles. The van der Waals surface area contributed by atoms with Gasteiger partial charge in [-0.1, -0.05) is 26.0 Å². The number of pyridine rings is 1. The Hall–Kier alpha value is -2.73. The van der Waals surface area contributed by atoms with Crippen molar-refractivity contribution in [3.63, 3.8) is 0 Å². The van der Waals surface area contributed by atoms with Gasteiger partial charge in [-0.3, -0.25) is 4.98 Å². The molecular weight excluding hydrogens is 371 g/mol. The average molecular weight is 395 g/mol. The first kappa shape index (κ1) is 18.6. The highest BCUT2D eigenvalue weighted by Gasteiger charge is 2.41. The number of halogens is 1. The standard InChI is InChI=1S/C22H23FN4S/c1-15(2)14-27-21(20(25-22(27)28)18-9-3-4-11-24-18)19-10-6-12-26(19)17-8-5-7-16(23)13-17/h3-13,15,20-21H,14H2,1-2H3,(H,25,28)/t20-,21-/m1/s1. The van der Waals surface area contributed by atoms with Crippen LogP contribution in [-0.4, -0.2) is 26.1 Å². The number of nitrogens with zero attached hydrogens (tertiary/aromatic N) is 3. The second-order valence-electron chi connectivity index (χ2n) is 7.46. The Labute approximate surface area is 170 Å². The van der Waals surface area contributed by atoms with Crippen LogP contribution in [0.15, 0.2) is 67.0 Å². The minimum absolute atomic E-state index is 0.0388. The third kappa shape index (κ3) is 3.52. The van der Waals surface area contributed by atoms with Crippen molar-refractivity contribution in [3.8, 4) is 5.69 Å². The first-order valence-electron chi connectivity index (χ1n) is 9.46. The highest BCUT2D eigenvalue weighted by Crippen LogP contribution is 2.39. The molecule has 28 heavy (non-hydrogen) atoms. The van der Waals surface area contributed by atoms with Crippen LogP contribution in [0.4, 0.5) is 4.39 Å². The highest BCUT2D eigenvalue weighted by atomic mass is 32.1. The summed E-state index contributed by atoms with van der Waals surface area (Å²) in [6.07, 6.45) is 3.77. The number of hydrogen-bond acceptors (Lipinski definition) is 2. The first-order chi connectivity index (χ1) is 13.5. The zero-order chi connectivity index (χ0) is 19.7. The van der Waals surface area contributed by atoms with E-state index in [9.17, 15) is 4.39 Å². The third-order valence-electron chi connectivity index (χ3n) is 4.93. The van der Waals surface area contributed by atoms with Gasteiger partial charge in [0, 0.05) is 30.3 Å². The minimum atomic E-state index is -0.252. The molecular formula is C22H23FN4S. The maximum absolute atomic E-state index is 13.9. The average Bonchev–Trinajstić information content (AvgIpc) is 3.27. The minimum Gasteiger partial charge on any atom is -0.352 e. The number of benzene rings is 1. The van der Waals surface area contributed by atoms with Gasteiger partial charge in [0.15, 0.2) is 5.11 Å². The Balaban J connectivity index is 1.81. The molecule has 0 radical (unpaired) electrons. The van der Waals surface area contributed by atoms with Crippen molar-refractivity contribution in [2.75, 3.05) is 6.54 Å². The van der Waals surface area contributed by atoms with E-state index in [1.54, 1.807) is 18.3 Å². The Morgan fingerprint density at radius 1 is 1.14 bits per heavy atom. The lowest BCUT2D eigenvalue weighted by Crippen LogP contribution is -2.33. The van der Waals surface area contributed by atoms with Crippen molar-refractivity contribution in [1.29, 1.82) is 0 Å². The quantitative estimate of drug-likeness (QED) is 0.639. The summed E-state index contributed by atoms with van der Waals surface area (Å²) in [5.74, 6) is 0.194. The maximum Gasteiger partial charge on any atom is 0.170 e. The van der Waals surface area contributed by atoms with Gasteiger partial charge in [0.2, 0.25) is 0 Å². The van der Waals surface area contributed by atoms with Gasteiger partial charge in [0.05, 0.1) is 17.8 Å². The monoisotopic (exact) mass is 394 g/mol. The van der Waals surface area contributed by atoms with Crippen LogP contribution < -0.4 is 5.32 Å². The second kappa shape index (κ2) is 7.72. The van der Waals surface area contributed by atoms with Crippen LogP contribution in [-0.2, 0) is 0 Å². The Bertz CT molecular complexity index is 969. The topological polar surface area (TPSA) is 33.1 Å². The molecule has 0 saturated carbocycles. The SMILES string of the molecule is CC(C)CN1C(=S)N[C@H](c2ccccn2)[C@H]1c1cccn1-c1cccc(F)c1. The van der Waals surface area contributed by atoms with Crippen molar-refractivity contribution in [1.82, 2.24) is 19.8 Å². The Morgan fingerprint density at radius 3 is 2.71 bits per heavy atom. The van der Waals surface area contributed by atoms with E-state index >= 15 is 0 Å². The predicted molar refractivity (Wildman–Crippen MR) is 113 cm³/mol.